The third kappa shape index (κ3) is 4.85. The monoisotopic (exact) mass is 495 g/mol. The minimum absolute atomic E-state index is 0.262. The Morgan fingerprint density at radius 1 is 0.917 bits per heavy atom. The first kappa shape index (κ1) is 23.3. The summed E-state index contributed by atoms with van der Waals surface area (Å²) in [6.07, 6.45) is 1.59. The first-order valence-corrected chi connectivity index (χ1v) is 11.7. The van der Waals surface area contributed by atoms with E-state index in [2.05, 4.69) is 5.10 Å². The van der Waals surface area contributed by atoms with Crippen LogP contribution in [0.25, 0.3) is 22.3 Å². The fourth-order valence-electron chi connectivity index (χ4n) is 3.81. The Balaban J connectivity index is 1.58. The van der Waals surface area contributed by atoms with Crippen molar-refractivity contribution < 1.29 is 9.47 Å². The van der Waals surface area contributed by atoms with Gasteiger partial charge in [0.2, 0.25) is 0 Å². The number of para-hydroxylation sites is 2. The van der Waals surface area contributed by atoms with E-state index < -0.39 is 0 Å². The summed E-state index contributed by atoms with van der Waals surface area (Å²) >= 11 is 6.00. The van der Waals surface area contributed by atoms with Gasteiger partial charge in [-0.3, -0.25) is 4.79 Å². The summed E-state index contributed by atoms with van der Waals surface area (Å²) in [5, 5.41) is 5.71. The van der Waals surface area contributed by atoms with E-state index in [0.717, 1.165) is 11.1 Å². The predicted molar refractivity (Wildman–Crippen MR) is 143 cm³/mol. The Hall–Kier alpha value is -4.42. The fraction of sp³-hybridized carbons (Fsp3) is 0.0690. The molecule has 7 heteroatoms. The first-order chi connectivity index (χ1) is 17.6. The van der Waals surface area contributed by atoms with E-state index >= 15 is 0 Å². The molecule has 0 aliphatic carbocycles. The van der Waals surface area contributed by atoms with Crippen molar-refractivity contribution in [3.05, 3.63) is 124 Å². The molecule has 0 fully saturated rings. The second-order valence-corrected chi connectivity index (χ2v) is 8.41. The number of benzene rings is 4. The van der Waals surface area contributed by atoms with Gasteiger partial charge < -0.3 is 9.47 Å². The van der Waals surface area contributed by atoms with Crippen LogP contribution in [0, 0.1) is 0 Å². The Bertz CT molecular complexity index is 1600. The molecule has 0 radical (unpaired) electrons. The molecule has 1 heterocycles. The summed E-state index contributed by atoms with van der Waals surface area (Å²) in [7, 11) is 1.58. The van der Waals surface area contributed by atoms with E-state index in [1.807, 2.05) is 91.0 Å². The van der Waals surface area contributed by atoms with E-state index in [0.29, 0.717) is 45.4 Å². The highest BCUT2D eigenvalue weighted by Crippen LogP contribution is 2.31. The quantitative estimate of drug-likeness (QED) is 0.253. The largest absolute Gasteiger partial charge is 0.493 e. The summed E-state index contributed by atoms with van der Waals surface area (Å²) in [4.78, 5) is 18.2. The van der Waals surface area contributed by atoms with Crippen LogP contribution in [0.15, 0.2) is 107 Å². The molecular formula is C29H22ClN3O3. The Kier molecular flexibility index (Phi) is 6.78. The average Bonchev–Trinajstić information content (AvgIpc) is 2.92. The maximum Gasteiger partial charge on any atom is 0.282 e. The van der Waals surface area contributed by atoms with Crippen LogP contribution < -0.4 is 15.0 Å². The predicted octanol–water partition coefficient (Wildman–Crippen LogP) is 6.19. The maximum atomic E-state index is 13.4. The van der Waals surface area contributed by atoms with Crippen molar-refractivity contribution in [1.82, 2.24) is 9.66 Å². The number of halogens is 1. The average molecular weight is 496 g/mol. The number of nitrogens with zero attached hydrogens (tertiary/aromatic N) is 3. The van der Waals surface area contributed by atoms with Crippen LogP contribution >= 0.6 is 11.6 Å². The number of aromatic nitrogens is 2. The molecule has 1 aromatic heterocycles. The molecule has 0 spiro atoms. The molecular weight excluding hydrogens is 474 g/mol. The molecule has 0 saturated heterocycles. The number of methoxy groups -OCH3 is 1. The van der Waals surface area contributed by atoms with E-state index in [4.69, 9.17) is 26.1 Å². The van der Waals surface area contributed by atoms with Crippen molar-refractivity contribution in [3.63, 3.8) is 0 Å². The van der Waals surface area contributed by atoms with Gasteiger partial charge >= 0.3 is 0 Å². The highest BCUT2D eigenvalue weighted by molar-refractivity contribution is 6.30. The molecule has 0 aliphatic heterocycles. The molecule has 4 aromatic carbocycles. The van der Waals surface area contributed by atoms with Crippen molar-refractivity contribution in [2.45, 2.75) is 6.61 Å². The third-order valence-corrected chi connectivity index (χ3v) is 5.88. The normalized spacial score (nSPS) is 11.2. The van der Waals surface area contributed by atoms with Crippen molar-refractivity contribution in [2.24, 2.45) is 5.10 Å². The molecule has 5 aromatic rings. The fourth-order valence-corrected chi connectivity index (χ4v) is 3.94. The highest BCUT2D eigenvalue weighted by Gasteiger charge is 2.14. The Morgan fingerprint density at radius 3 is 2.44 bits per heavy atom. The molecule has 0 aliphatic rings. The van der Waals surface area contributed by atoms with Gasteiger partial charge in [-0.2, -0.15) is 9.78 Å². The molecule has 36 heavy (non-hydrogen) atoms. The van der Waals surface area contributed by atoms with Crippen molar-refractivity contribution in [1.29, 1.82) is 0 Å². The lowest BCUT2D eigenvalue weighted by atomic mass is 10.2. The molecule has 0 N–H and O–H groups in total. The molecule has 0 amide bonds. The SMILES string of the molecule is COc1cccc(C=Nn2c(-c3ccccc3)nc3ccccc3c2=O)c1OCc1ccc(Cl)cc1. The summed E-state index contributed by atoms with van der Waals surface area (Å²) < 4.78 is 13.0. The van der Waals surface area contributed by atoms with Gasteiger partial charge in [0, 0.05) is 16.1 Å². The molecule has 0 unspecified atom stereocenters. The molecule has 178 valence electrons. The van der Waals surface area contributed by atoms with Crippen LogP contribution in [-0.4, -0.2) is 23.0 Å². The number of hydrogen-bond acceptors (Lipinski definition) is 5. The lowest BCUT2D eigenvalue weighted by Gasteiger charge is -2.14. The van der Waals surface area contributed by atoms with Crippen LogP contribution in [0.2, 0.25) is 5.02 Å². The number of hydrogen-bond donors (Lipinski definition) is 0. The molecule has 0 saturated carbocycles. The van der Waals surface area contributed by atoms with Gasteiger partial charge in [0.05, 0.1) is 24.2 Å². The zero-order valence-corrected chi connectivity index (χ0v) is 20.2. The van der Waals surface area contributed by atoms with Gasteiger partial charge in [-0.25, -0.2) is 4.98 Å². The molecule has 5 rings (SSSR count). The van der Waals surface area contributed by atoms with Crippen molar-refractivity contribution in [3.8, 4) is 22.9 Å². The first-order valence-electron chi connectivity index (χ1n) is 11.3. The Labute approximate surface area is 213 Å². The van der Waals surface area contributed by atoms with Gasteiger partial charge in [0.15, 0.2) is 17.3 Å². The lowest BCUT2D eigenvalue weighted by Crippen LogP contribution is -2.20. The van der Waals surface area contributed by atoms with E-state index in [1.54, 1.807) is 19.4 Å². The minimum atomic E-state index is -0.262. The zero-order valence-electron chi connectivity index (χ0n) is 19.5. The minimum Gasteiger partial charge on any atom is -0.493 e. The van der Waals surface area contributed by atoms with Crippen molar-refractivity contribution >= 4 is 28.7 Å². The summed E-state index contributed by atoms with van der Waals surface area (Å²) in [5.74, 6) is 1.52. The number of rotatable bonds is 7. The van der Waals surface area contributed by atoms with Crippen LogP contribution in [0.1, 0.15) is 11.1 Å². The van der Waals surface area contributed by atoms with Gasteiger partial charge in [-0.1, -0.05) is 72.3 Å². The second kappa shape index (κ2) is 10.5. The third-order valence-electron chi connectivity index (χ3n) is 5.62. The maximum absolute atomic E-state index is 13.4. The molecule has 0 atom stereocenters. The topological polar surface area (TPSA) is 65.7 Å². The molecule has 0 bridgehead atoms. The smallest absolute Gasteiger partial charge is 0.282 e. The second-order valence-electron chi connectivity index (χ2n) is 7.97. The number of fused-ring (bicyclic) bond motifs is 1. The van der Waals surface area contributed by atoms with Gasteiger partial charge in [-0.05, 0) is 42.0 Å². The summed E-state index contributed by atoms with van der Waals surface area (Å²) in [6, 6.07) is 29.7. The van der Waals surface area contributed by atoms with Gasteiger partial charge in [0.25, 0.3) is 5.56 Å². The van der Waals surface area contributed by atoms with Gasteiger partial charge in [0.1, 0.15) is 6.61 Å². The molecule has 6 nitrogen and oxygen atoms in total. The Morgan fingerprint density at radius 2 is 1.67 bits per heavy atom. The lowest BCUT2D eigenvalue weighted by molar-refractivity contribution is 0.284. The summed E-state index contributed by atoms with van der Waals surface area (Å²) in [6.45, 7) is 0.311. The standard InChI is InChI=1S/C29H22ClN3O3/c1-35-26-13-7-10-22(27(26)36-19-20-14-16-23(30)17-15-20)18-31-33-28(21-8-3-2-4-9-21)32-25-12-6-5-11-24(25)29(33)34/h2-18H,19H2,1H3. The zero-order chi connectivity index (χ0) is 24.9. The van der Waals surface area contributed by atoms with Crippen molar-refractivity contribution in [2.75, 3.05) is 7.11 Å². The number of ether oxygens (including phenoxy) is 2. The van der Waals surface area contributed by atoms with Crippen LogP contribution in [0.3, 0.4) is 0 Å². The summed E-state index contributed by atoms with van der Waals surface area (Å²) in [5.41, 5.74) is 2.74. The van der Waals surface area contributed by atoms with E-state index in [9.17, 15) is 4.79 Å². The van der Waals surface area contributed by atoms with E-state index in [1.165, 1.54) is 4.68 Å². The van der Waals surface area contributed by atoms with Gasteiger partial charge in [-0.15, -0.1) is 0 Å². The van der Waals surface area contributed by atoms with Crippen LogP contribution in [0.5, 0.6) is 11.5 Å². The van der Waals surface area contributed by atoms with Crippen LogP contribution in [-0.2, 0) is 6.61 Å². The highest BCUT2D eigenvalue weighted by atomic mass is 35.5. The van der Waals surface area contributed by atoms with E-state index in [-0.39, 0.29) is 5.56 Å². The van der Waals surface area contributed by atoms with Crippen LogP contribution in [0.4, 0.5) is 0 Å².